The first-order valence-electron chi connectivity index (χ1n) is 13.4. The van der Waals surface area contributed by atoms with Crippen LogP contribution >= 0.6 is 0 Å². The van der Waals surface area contributed by atoms with Crippen LogP contribution in [0.1, 0.15) is 25.0 Å². The topological polar surface area (TPSA) is 12.0 Å². The Kier molecular flexibility index (Phi) is 5.38. The van der Waals surface area contributed by atoms with Crippen LogP contribution in [0.15, 0.2) is 127 Å². The molecule has 0 aliphatic heterocycles. The molecule has 188 valence electrons. The molecule has 0 unspecified atom stereocenters. The van der Waals surface area contributed by atoms with Gasteiger partial charge in [-0.05, 0) is 91.7 Å². The molecule has 1 nitrogen and oxygen atoms in total. The molecule has 0 radical (unpaired) electrons. The molecule has 6 aromatic carbocycles. The van der Waals surface area contributed by atoms with Crippen molar-refractivity contribution in [2.75, 3.05) is 5.32 Å². The summed E-state index contributed by atoms with van der Waals surface area (Å²) in [6.07, 6.45) is 0. The minimum Gasteiger partial charge on any atom is -0.356 e. The Morgan fingerprint density at radius 2 is 1.15 bits per heavy atom. The fourth-order valence-corrected chi connectivity index (χ4v) is 6.16. The van der Waals surface area contributed by atoms with Crippen molar-refractivity contribution in [3.05, 3.63) is 144 Å². The molecule has 0 amide bonds. The molecule has 0 saturated carbocycles. The van der Waals surface area contributed by atoms with E-state index in [1.54, 1.807) is 0 Å². The molecule has 2 heteroatoms. The molecule has 0 spiro atoms. The van der Waals surface area contributed by atoms with Gasteiger partial charge in [-0.1, -0.05) is 105 Å². The average Bonchev–Trinajstić information content (AvgIpc) is 3.19. The van der Waals surface area contributed by atoms with Crippen LogP contribution < -0.4 is 5.32 Å². The Labute approximate surface area is 228 Å². The molecule has 39 heavy (non-hydrogen) atoms. The molecule has 0 atom stereocenters. The summed E-state index contributed by atoms with van der Waals surface area (Å²) < 4.78 is 13.7. The fourth-order valence-electron chi connectivity index (χ4n) is 6.16. The summed E-state index contributed by atoms with van der Waals surface area (Å²) in [6, 6.07) is 43.5. The number of hydrogen-bond acceptors (Lipinski definition) is 1. The third-order valence-corrected chi connectivity index (χ3v) is 8.11. The van der Waals surface area contributed by atoms with Crippen molar-refractivity contribution < 1.29 is 4.39 Å². The number of benzene rings is 6. The molecule has 0 aromatic heterocycles. The van der Waals surface area contributed by atoms with E-state index in [-0.39, 0.29) is 11.2 Å². The van der Waals surface area contributed by atoms with Gasteiger partial charge in [-0.15, -0.1) is 0 Å². The van der Waals surface area contributed by atoms with Crippen molar-refractivity contribution in [3.63, 3.8) is 0 Å². The van der Waals surface area contributed by atoms with Gasteiger partial charge in [0.25, 0.3) is 0 Å². The lowest BCUT2D eigenvalue weighted by Gasteiger charge is -2.22. The molecule has 1 aliphatic rings. The monoisotopic (exact) mass is 505 g/mol. The van der Waals surface area contributed by atoms with E-state index in [9.17, 15) is 4.39 Å². The molecular weight excluding hydrogens is 477 g/mol. The highest BCUT2D eigenvalue weighted by Crippen LogP contribution is 2.49. The highest BCUT2D eigenvalue weighted by Gasteiger charge is 2.35. The van der Waals surface area contributed by atoms with Crippen LogP contribution in [0.5, 0.6) is 0 Å². The number of anilines is 2. The number of nitrogens with one attached hydrogen (secondary N) is 1. The average molecular weight is 506 g/mol. The molecule has 0 fully saturated rings. The van der Waals surface area contributed by atoms with E-state index in [2.05, 4.69) is 122 Å². The molecule has 1 aliphatic carbocycles. The van der Waals surface area contributed by atoms with Crippen molar-refractivity contribution in [2.45, 2.75) is 19.3 Å². The lowest BCUT2D eigenvalue weighted by molar-refractivity contribution is 0.628. The van der Waals surface area contributed by atoms with Crippen LogP contribution in [-0.2, 0) is 5.41 Å². The number of hydrogen-bond donors (Lipinski definition) is 1. The Morgan fingerprint density at radius 3 is 1.95 bits per heavy atom. The summed E-state index contributed by atoms with van der Waals surface area (Å²) in [7, 11) is 0. The zero-order chi connectivity index (χ0) is 26.6. The van der Waals surface area contributed by atoms with E-state index in [1.807, 2.05) is 12.1 Å². The largest absolute Gasteiger partial charge is 0.356 e. The number of rotatable bonds is 4. The first kappa shape index (κ1) is 23.4. The molecule has 1 N–H and O–H groups in total. The summed E-state index contributed by atoms with van der Waals surface area (Å²) in [5.41, 5.74) is 11.9. The third kappa shape index (κ3) is 3.92. The highest BCUT2D eigenvalue weighted by atomic mass is 19.1. The van der Waals surface area contributed by atoms with E-state index in [1.165, 1.54) is 39.8 Å². The van der Waals surface area contributed by atoms with Crippen LogP contribution in [0.3, 0.4) is 0 Å². The smallest absolute Gasteiger partial charge is 0.123 e. The standard InChI is InChI=1S/C37H28FN/c1-37(2)34-15-4-3-12-32(34)33-21-20-29(23-35(33)37)39-28-11-5-10-26(22-28)31-14-7-9-25-8-6-13-30(36(25)31)24-16-18-27(38)19-17-24/h3-23,39H,1-2H3. The van der Waals surface area contributed by atoms with Gasteiger partial charge in [0.15, 0.2) is 0 Å². The third-order valence-electron chi connectivity index (χ3n) is 8.11. The van der Waals surface area contributed by atoms with Crippen LogP contribution in [0.2, 0.25) is 0 Å². The first-order valence-corrected chi connectivity index (χ1v) is 13.4. The summed E-state index contributed by atoms with van der Waals surface area (Å²) in [4.78, 5) is 0. The molecular formula is C37H28FN. The van der Waals surface area contributed by atoms with E-state index >= 15 is 0 Å². The van der Waals surface area contributed by atoms with E-state index < -0.39 is 0 Å². The maximum atomic E-state index is 13.7. The Balaban J connectivity index is 1.28. The molecule has 0 bridgehead atoms. The Hall–Kier alpha value is -4.69. The maximum Gasteiger partial charge on any atom is 0.123 e. The second-order valence-corrected chi connectivity index (χ2v) is 10.9. The lowest BCUT2D eigenvalue weighted by atomic mass is 9.82. The van der Waals surface area contributed by atoms with E-state index in [0.717, 1.165) is 39.0 Å². The molecule has 0 saturated heterocycles. The minimum atomic E-state index is -0.225. The van der Waals surface area contributed by atoms with E-state index in [4.69, 9.17) is 0 Å². The zero-order valence-electron chi connectivity index (χ0n) is 22.0. The number of fused-ring (bicyclic) bond motifs is 4. The Morgan fingerprint density at radius 1 is 0.513 bits per heavy atom. The van der Waals surface area contributed by atoms with Gasteiger partial charge >= 0.3 is 0 Å². The minimum absolute atomic E-state index is 0.0365. The van der Waals surface area contributed by atoms with Crippen LogP contribution in [-0.4, -0.2) is 0 Å². The number of halogens is 1. The molecule has 7 rings (SSSR count). The highest BCUT2D eigenvalue weighted by molar-refractivity contribution is 6.06. The quantitative estimate of drug-likeness (QED) is 0.251. The molecule has 6 aromatic rings. The van der Waals surface area contributed by atoms with Gasteiger partial charge < -0.3 is 5.32 Å². The zero-order valence-corrected chi connectivity index (χ0v) is 22.0. The van der Waals surface area contributed by atoms with Crippen LogP contribution in [0.25, 0.3) is 44.2 Å². The summed E-state index contributed by atoms with van der Waals surface area (Å²) in [5, 5.41) is 5.99. The van der Waals surface area contributed by atoms with Gasteiger partial charge in [0, 0.05) is 16.8 Å². The van der Waals surface area contributed by atoms with Gasteiger partial charge in [-0.25, -0.2) is 4.39 Å². The van der Waals surface area contributed by atoms with Crippen molar-refractivity contribution in [1.82, 2.24) is 0 Å². The van der Waals surface area contributed by atoms with Gasteiger partial charge in [-0.3, -0.25) is 0 Å². The fraction of sp³-hybridized carbons (Fsp3) is 0.0811. The SMILES string of the molecule is CC1(C)c2ccccc2-c2ccc(Nc3cccc(-c4cccc5cccc(-c6ccc(F)cc6)c45)c3)cc21. The predicted octanol–water partition coefficient (Wildman–Crippen LogP) is 10.4. The van der Waals surface area contributed by atoms with Gasteiger partial charge in [0.2, 0.25) is 0 Å². The second kappa shape index (κ2) is 8.96. The maximum absolute atomic E-state index is 13.7. The van der Waals surface area contributed by atoms with Gasteiger partial charge in [0.05, 0.1) is 0 Å². The first-order chi connectivity index (χ1) is 19.0. The summed E-state index contributed by atoms with van der Waals surface area (Å²) >= 11 is 0. The summed E-state index contributed by atoms with van der Waals surface area (Å²) in [6.45, 7) is 4.61. The summed E-state index contributed by atoms with van der Waals surface area (Å²) in [5.74, 6) is -0.225. The second-order valence-electron chi connectivity index (χ2n) is 10.9. The Bertz CT molecular complexity index is 1860. The van der Waals surface area contributed by atoms with Crippen LogP contribution in [0.4, 0.5) is 15.8 Å². The normalized spacial score (nSPS) is 13.2. The van der Waals surface area contributed by atoms with Gasteiger partial charge in [0.1, 0.15) is 5.82 Å². The van der Waals surface area contributed by atoms with Crippen LogP contribution in [0, 0.1) is 5.82 Å². The van der Waals surface area contributed by atoms with Crippen molar-refractivity contribution in [2.24, 2.45) is 0 Å². The van der Waals surface area contributed by atoms with Crippen molar-refractivity contribution in [1.29, 1.82) is 0 Å². The van der Waals surface area contributed by atoms with Crippen molar-refractivity contribution in [3.8, 4) is 33.4 Å². The predicted molar refractivity (Wildman–Crippen MR) is 162 cm³/mol. The molecule has 0 heterocycles. The lowest BCUT2D eigenvalue weighted by Crippen LogP contribution is -2.15. The van der Waals surface area contributed by atoms with E-state index in [0.29, 0.717) is 0 Å². The van der Waals surface area contributed by atoms with Crippen molar-refractivity contribution >= 4 is 22.1 Å². The van der Waals surface area contributed by atoms with Gasteiger partial charge in [-0.2, -0.15) is 0 Å².